The molecule has 3 heteroatoms. The topological polar surface area (TPSA) is 43.7 Å². The van der Waals surface area contributed by atoms with Crippen molar-refractivity contribution in [3.05, 3.63) is 29.8 Å². The Morgan fingerprint density at radius 2 is 1.76 bits per heavy atom. The van der Waals surface area contributed by atoms with Crippen LogP contribution < -0.4 is 0 Å². The molecule has 1 aromatic rings. The quantitative estimate of drug-likeness (QED) is 0.839. The number of nitrogens with zero attached hydrogens (tertiary/aromatic N) is 1. The average molecular weight is 235 g/mol. The zero-order valence-corrected chi connectivity index (χ0v) is 10.4. The van der Waals surface area contributed by atoms with Crippen molar-refractivity contribution in [2.75, 3.05) is 19.6 Å². The third-order valence-corrected chi connectivity index (χ3v) is 3.70. The van der Waals surface area contributed by atoms with Gasteiger partial charge in [0.05, 0.1) is 5.60 Å². The molecule has 0 radical (unpaired) electrons. The minimum absolute atomic E-state index is 0.279. The van der Waals surface area contributed by atoms with Crippen molar-refractivity contribution in [2.45, 2.75) is 31.8 Å². The highest BCUT2D eigenvalue weighted by molar-refractivity contribution is 5.27. The first-order chi connectivity index (χ1) is 8.11. The summed E-state index contributed by atoms with van der Waals surface area (Å²) in [6.45, 7) is 5.18. The Morgan fingerprint density at radius 1 is 1.18 bits per heavy atom. The van der Waals surface area contributed by atoms with Crippen molar-refractivity contribution < 1.29 is 10.2 Å². The highest BCUT2D eigenvalue weighted by Crippen LogP contribution is 2.26. The lowest BCUT2D eigenvalue weighted by Crippen LogP contribution is -2.45. The Morgan fingerprint density at radius 3 is 2.29 bits per heavy atom. The number of rotatable bonds is 3. The zero-order valence-electron chi connectivity index (χ0n) is 10.4. The maximum Gasteiger partial charge on any atom is 0.115 e. The van der Waals surface area contributed by atoms with Gasteiger partial charge in [0.25, 0.3) is 0 Å². The standard InChI is InChI=1S/C14H21NO2/c1-2-15-9-7-14(17,8-10-15)11-12-3-5-13(16)6-4-12/h3-6,16-17H,2,7-11H2,1H3. The first-order valence-electron chi connectivity index (χ1n) is 6.34. The van der Waals surface area contributed by atoms with Gasteiger partial charge in [-0.15, -0.1) is 0 Å². The molecule has 0 unspecified atom stereocenters. The van der Waals surface area contributed by atoms with Crippen molar-refractivity contribution in [3.8, 4) is 5.75 Å². The first kappa shape index (κ1) is 12.4. The smallest absolute Gasteiger partial charge is 0.115 e. The Labute approximate surface area is 103 Å². The summed E-state index contributed by atoms with van der Waals surface area (Å²) in [7, 11) is 0. The van der Waals surface area contributed by atoms with Crippen LogP contribution in [0.3, 0.4) is 0 Å². The summed E-state index contributed by atoms with van der Waals surface area (Å²) in [5.74, 6) is 0.279. The summed E-state index contributed by atoms with van der Waals surface area (Å²) in [6, 6.07) is 7.14. The van der Waals surface area contributed by atoms with Crippen LogP contribution in [-0.4, -0.2) is 40.3 Å². The predicted molar refractivity (Wildman–Crippen MR) is 68.1 cm³/mol. The molecule has 1 saturated heterocycles. The second-order valence-corrected chi connectivity index (χ2v) is 5.00. The zero-order chi connectivity index (χ0) is 12.3. The molecule has 1 heterocycles. The fourth-order valence-corrected chi connectivity index (χ4v) is 2.46. The molecule has 2 N–H and O–H groups in total. The number of phenols is 1. The van der Waals surface area contributed by atoms with Gasteiger partial charge in [0.15, 0.2) is 0 Å². The predicted octanol–water partition coefficient (Wildman–Crippen LogP) is 1.78. The van der Waals surface area contributed by atoms with E-state index in [4.69, 9.17) is 0 Å². The third kappa shape index (κ3) is 3.20. The number of benzene rings is 1. The van der Waals surface area contributed by atoms with Gasteiger partial charge in [0, 0.05) is 19.5 Å². The van der Waals surface area contributed by atoms with Crippen LogP contribution in [0.4, 0.5) is 0 Å². The van der Waals surface area contributed by atoms with Gasteiger partial charge >= 0.3 is 0 Å². The average Bonchev–Trinajstić information content (AvgIpc) is 2.33. The number of aromatic hydroxyl groups is 1. The van der Waals surface area contributed by atoms with E-state index in [0.717, 1.165) is 38.0 Å². The molecule has 1 aliphatic heterocycles. The maximum atomic E-state index is 10.5. The van der Waals surface area contributed by atoms with Crippen LogP contribution in [0.2, 0.25) is 0 Å². The molecule has 0 aliphatic carbocycles. The number of phenolic OH excluding ortho intramolecular Hbond substituents is 1. The van der Waals surface area contributed by atoms with Gasteiger partial charge in [-0.05, 0) is 37.1 Å². The van der Waals surface area contributed by atoms with Crippen LogP contribution in [-0.2, 0) is 6.42 Å². The van der Waals surface area contributed by atoms with Crippen molar-refractivity contribution in [1.82, 2.24) is 4.90 Å². The lowest BCUT2D eigenvalue weighted by atomic mass is 9.85. The Kier molecular flexibility index (Phi) is 3.69. The van der Waals surface area contributed by atoms with Crippen LogP contribution >= 0.6 is 0 Å². The minimum Gasteiger partial charge on any atom is -0.508 e. The van der Waals surface area contributed by atoms with E-state index in [1.165, 1.54) is 0 Å². The lowest BCUT2D eigenvalue weighted by molar-refractivity contribution is -0.0194. The molecule has 94 valence electrons. The van der Waals surface area contributed by atoms with E-state index in [2.05, 4.69) is 11.8 Å². The van der Waals surface area contributed by atoms with Gasteiger partial charge < -0.3 is 15.1 Å². The van der Waals surface area contributed by atoms with Gasteiger partial charge in [-0.2, -0.15) is 0 Å². The van der Waals surface area contributed by atoms with Crippen molar-refractivity contribution in [3.63, 3.8) is 0 Å². The molecule has 0 atom stereocenters. The second kappa shape index (κ2) is 5.07. The van der Waals surface area contributed by atoms with Crippen LogP contribution in [0, 0.1) is 0 Å². The molecular weight excluding hydrogens is 214 g/mol. The van der Waals surface area contributed by atoms with E-state index >= 15 is 0 Å². The Bertz CT molecular complexity index is 353. The molecule has 0 bridgehead atoms. The summed E-state index contributed by atoms with van der Waals surface area (Å²) in [6.07, 6.45) is 2.36. The van der Waals surface area contributed by atoms with E-state index < -0.39 is 5.60 Å². The minimum atomic E-state index is -0.567. The van der Waals surface area contributed by atoms with Gasteiger partial charge in [0.1, 0.15) is 5.75 Å². The van der Waals surface area contributed by atoms with Gasteiger partial charge in [-0.25, -0.2) is 0 Å². The highest BCUT2D eigenvalue weighted by atomic mass is 16.3. The largest absolute Gasteiger partial charge is 0.508 e. The number of aliphatic hydroxyl groups is 1. The second-order valence-electron chi connectivity index (χ2n) is 5.00. The fourth-order valence-electron chi connectivity index (χ4n) is 2.46. The van der Waals surface area contributed by atoms with Crippen LogP contribution in [0.25, 0.3) is 0 Å². The third-order valence-electron chi connectivity index (χ3n) is 3.70. The fraction of sp³-hybridized carbons (Fsp3) is 0.571. The van der Waals surface area contributed by atoms with E-state index in [9.17, 15) is 10.2 Å². The molecule has 3 nitrogen and oxygen atoms in total. The van der Waals surface area contributed by atoms with Crippen molar-refractivity contribution in [1.29, 1.82) is 0 Å². The summed E-state index contributed by atoms with van der Waals surface area (Å²) >= 11 is 0. The summed E-state index contributed by atoms with van der Waals surface area (Å²) < 4.78 is 0. The molecular formula is C14H21NO2. The molecule has 0 spiro atoms. The van der Waals surface area contributed by atoms with E-state index in [-0.39, 0.29) is 5.75 Å². The molecule has 1 fully saturated rings. The molecule has 0 saturated carbocycles. The van der Waals surface area contributed by atoms with Crippen molar-refractivity contribution in [2.24, 2.45) is 0 Å². The maximum absolute atomic E-state index is 10.5. The van der Waals surface area contributed by atoms with E-state index in [0.29, 0.717) is 6.42 Å². The number of likely N-dealkylation sites (tertiary alicyclic amines) is 1. The molecule has 0 amide bonds. The first-order valence-corrected chi connectivity index (χ1v) is 6.34. The summed E-state index contributed by atoms with van der Waals surface area (Å²) in [5.41, 5.74) is 0.526. The lowest BCUT2D eigenvalue weighted by Gasteiger charge is -2.37. The summed E-state index contributed by atoms with van der Waals surface area (Å²) in [4.78, 5) is 2.37. The van der Waals surface area contributed by atoms with Gasteiger partial charge in [-0.3, -0.25) is 0 Å². The van der Waals surface area contributed by atoms with E-state index in [1.807, 2.05) is 12.1 Å². The van der Waals surface area contributed by atoms with Gasteiger partial charge in [-0.1, -0.05) is 19.1 Å². The number of hydrogen-bond acceptors (Lipinski definition) is 3. The van der Waals surface area contributed by atoms with Crippen molar-refractivity contribution >= 4 is 0 Å². The monoisotopic (exact) mass is 235 g/mol. The number of piperidine rings is 1. The van der Waals surface area contributed by atoms with Gasteiger partial charge in [0.2, 0.25) is 0 Å². The molecule has 1 aromatic carbocycles. The molecule has 2 rings (SSSR count). The van der Waals surface area contributed by atoms with Crippen LogP contribution in [0.15, 0.2) is 24.3 Å². The normalized spacial score (nSPS) is 20.4. The van der Waals surface area contributed by atoms with E-state index in [1.54, 1.807) is 12.1 Å². The van der Waals surface area contributed by atoms with Crippen LogP contribution in [0.1, 0.15) is 25.3 Å². The molecule has 17 heavy (non-hydrogen) atoms. The summed E-state index contributed by atoms with van der Waals surface area (Å²) in [5, 5.41) is 19.7. The Balaban J connectivity index is 1.96. The number of hydrogen-bond donors (Lipinski definition) is 2. The Hall–Kier alpha value is -1.06. The highest BCUT2D eigenvalue weighted by Gasteiger charge is 2.31. The molecule has 0 aromatic heterocycles. The van der Waals surface area contributed by atoms with Crippen LogP contribution in [0.5, 0.6) is 5.75 Å². The molecule has 1 aliphatic rings. The SMILES string of the molecule is CCN1CCC(O)(Cc2ccc(O)cc2)CC1.